The van der Waals surface area contributed by atoms with Crippen molar-refractivity contribution in [3.8, 4) is 6.07 Å². The molecule has 0 aliphatic carbocycles. The normalized spacial score (nSPS) is 10.3. The molecule has 0 amide bonds. The molecule has 0 spiro atoms. The summed E-state index contributed by atoms with van der Waals surface area (Å²) in [7, 11) is 0. The first-order valence-electron chi connectivity index (χ1n) is 4.01. The fourth-order valence-corrected chi connectivity index (χ4v) is 1.69. The van der Waals surface area contributed by atoms with Crippen LogP contribution < -0.4 is 0 Å². The third-order valence-electron chi connectivity index (χ3n) is 1.82. The van der Waals surface area contributed by atoms with Crippen molar-refractivity contribution in [2.75, 3.05) is 0 Å². The Balaban J connectivity index is 2.48. The van der Waals surface area contributed by atoms with Gasteiger partial charge in [0.15, 0.2) is 5.65 Å². The third-order valence-corrected chi connectivity index (χ3v) is 2.61. The van der Waals surface area contributed by atoms with Crippen LogP contribution in [0.4, 0.5) is 0 Å². The van der Waals surface area contributed by atoms with E-state index in [-0.39, 0.29) is 0 Å². The summed E-state index contributed by atoms with van der Waals surface area (Å²) in [5.41, 5.74) is 1.59. The molecule has 0 aromatic carbocycles. The Morgan fingerprint density at radius 3 is 3.07 bits per heavy atom. The minimum absolute atomic E-state index is 0.464. The zero-order chi connectivity index (χ0) is 9.97. The molecule has 0 aliphatic rings. The molecular formula is C8H6IN5. The Labute approximate surface area is 93.9 Å². The molecular weight excluding hydrogens is 293 g/mol. The molecule has 5 nitrogen and oxygen atoms in total. The van der Waals surface area contributed by atoms with Gasteiger partial charge in [0.1, 0.15) is 15.5 Å². The van der Waals surface area contributed by atoms with Gasteiger partial charge in [-0.2, -0.15) is 5.26 Å². The zero-order valence-electron chi connectivity index (χ0n) is 7.18. The van der Waals surface area contributed by atoms with Gasteiger partial charge < -0.3 is 4.57 Å². The van der Waals surface area contributed by atoms with E-state index in [0.717, 1.165) is 14.9 Å². The quantitative estimate of drug-likeness (QED) is 0.620. The standard InChI is InChI=1S/C8H6IN5/c9-7-6-8(12-4-11-7)14(5-13-6)3-1-2-10/h4-5H,1,3H2. The van der Waals surface area contributed by atoms with Gasteiger partial charge in [0.2, 0.25) is 0 Å². The lowest BCUT2D eigenvalue weighted by Crippen LogP contribution is -1.97. The first-order valence-corrected chi connectivity index (χ1v) is 5.09. The first-order chi connectivity index (χ1) is 6.83. The molecule has 0 fully saturated rings. The van der Waals surface area contributed by atoms with Crippen LogP contribution in [0.3, 0.4) is 0 Å². The fraction of sp³-hybridized carbons (Fsp3) is 0.250. The van der Waals surface area contributed by atoms with Crippen molar-refractivity contribution >= 4 is 33.8 Å². The fourth-order valence-electron chi connectivity index (χ4n) is 1.19. The van der Waals surface area contributed by atoms with Crippen molar-refractivity contribution in [1.29, 1.82) is 5.26 Å². The number of hydrogen-bond acceptors (Lipinski definition) is 4. The maximum absolute atomic E-state index is 8.47. The Hall–Kier alpha value is -1.23. The lowest BCUT2D eigenvalue weighted by molar-refractivity contribution is 0.729. The van der Waals surface area contributed by atoms with Gasteiger partial charge in [-0.3, -0.25) is 0 Å². The number of imidazole rings is 1. The van der Waals surface area contributed by atoms with Gasteiger partial charge in [0, 0.05) is 6.54 Å². The lowest BCUT2D eigenvalue weighted by atomic mass is 10.4. The molecule has 0 bridgehead atoms. The van der Waals surface area contributed by atoms with E-state index in [1.807, 2.05) is 4.57 Å². The summed E-state index contributed by atoms with van der Waals surface area (Å²) in [5.74, 6) is 0. The van der Waals surface area contributed by atoms with Crippen LogP contribution in [-0.4, -0.2) is 19.5 Å². The number of nitriles is 1. The summed E-state index contributed by atoms with van der Waals surface area (Å²) in [6.45, 7) is 0.625. The molecule has 2 aromatic rings. The second-order valence-electron chi connectivity index (χ2n) is 2.68. The Kier molecular flexibility index (Phi) is 2.58. The topological polar surface area (TPSA) is 67.4 Å². The van der Waals surface area contributed by atoms with Crippen LogP contribution in [0, 0.1) is 15.0 Å². The highest BCUT2D eigenvalue weighted by atomic mass is 127. The SMILES string of the molecule is N#CCCn1cnc2c(I)ncnc21. The largest absolute Gasteiger partial charge is 0.314 e. The minimum Gasteiger partial charge on any atom is -0.314 e. The Morgan fingerprint density at radius 1 is 1.43 bits per heavy atom. The van der Waals surface area contributed by atoms with E-state index in [2.05, 4.69) is 43.6 Å². The van der Waals surface area contributed by atoms with Gasteiger partial charge in [-0.05, 0) is 22.6 Å². The molecule has 14 heavy (non-hydrogen) atoms. The summed E-state index contributed by atoms with van der Waals surface area (Å²) >= 11 is 2.12. The Bertz CT molecular complexity index is 498. The number of nitrogens with zero attached hydrogens (tertiary/aromatic N) is 5. The van der Waals surface area contributed by atoms with Crippen LogP contribution in [-0.2, 0) is 6.54 Å². The van der Waals surface area contributed by atoms with Crippen LogP contribution in [0.25, 0.3) is 11.2 Å². The first kappa shape index (κ1) is 9.33. The molecule has 70 valence electrons. The summed E-state index contributed by atoms with van der Waals surface area (Å²) < 4.78 is 2.70. The van der Waals surface area contributed by atoms with E-state index in [1.54, 1.807) is 6.33 Å². The van der Waals surface area contributed by atoms with E-state index < -0.39 is 0 Å². The molecule has 2 aromatic heterocycles. The molecule has 0 atom stereocenters. The van der Waals surface area contributed by atoms with Gasteiger partial charge in [0.05, 0.1) is 18.8 Å². The third kappa shape index (κ3) is 1.55. The van der Waals surface area contributed by atoms with Crippen LogP contribution in [0.2, 0.25) is 0 Å². The van der Waals surface area contributed by atoms with Gasteiger partial charge >= 0.3 is 0 Å². The van der Waals surface area contributed by atoms with Crippen molar-refractivity contribution < 1.29 is 0 Å². The van der Waals surface area contributed by atoms with E-state index in [9.17, 15) is 0 Å². The number of rotatable bonds is 2. The molecule has 0 saturated heterocycles. The summed E-state index contributed by atoms with van der Waals surface area (Å²) in [6.07, 6.45) is 3.67. The smallest absolute Gasteiger partial charge is 0.164 e. The number of fused-ring (bicyclic) bond motifs is 1. The molecule has 0 unspecified atom stereocenters. The minimum atomic E-state index is 0.464. The monoisotopic (exact) mass is 299 g/mol. The van der Waals surface area contributed by atoms with Crippen molar-refractivity contribution in [1.82, 2.24) is 19.5 Å². The van der Waals surface area contributed by atoms with Crippen molar-refractivity contribution in [3.63, 3.8) is 0 Å². The van der Waals surface area contributed by atoms with Crippen LogP contribution in [0.5, 0.6) is 0 Å². The van der Waals surface area contributed by atoms with Crippen LogP contribution >= 0.6 is 22.6 Å². The van der Waals surface area contributed by atoms with E-state index >= 15 is 0 Å². The highest BCUT2D eigenvalue weighted by Gasteiger charge is 2.06. The van der Waals surface area contributed by atoms with E-state index in [4.69, 9.17) is 5.26 Å². The highest BCUT2D eigenvalue weighted by molar-refractivity contribution is 14.1. The molecule has 2 heterocycles. The van der Waals surface area contributed by atoms with Gasteiger partial charge in [-0.15, -0.1) is 0 Å². The molecule has 2 rings (SSSR count). The lowest BCUT2D eigenvalue weighted by Gasteiger charge is -1.98. The second kappa shape index (κ2) is 3.88. The predicted octanol–water partition coefficient (Wildman–Crippen LogP) is 1.34. The van der Waals surface area contributed by atoms with Crippen molar-refractivity contribution in [2.45, 2.75) is 13.0 Å². The van der Waals surface area contributed by atoms with Gasteiger partial charge in [-0.25, -0.2) is 15.0 Å². The molecule has 0 N–H and O–H groups in total. The maximum atomic E-state index is 8.47. The van der Waals surface area contributed by atoms with E-state index in [1.165, 1.54) is 6.33 Å². The maximum Gasteiger partial charge on any atom is 0.164 e. The number of aromatic nitrogens is 4. The summed E-state index contributed by atoms with van der Waals surface area (Å²) in [5, 5.41) is 8.47. The molecule has 0 saturated carbocycles. The van der Waals surface area contributed by atoms with Crippen molar-refractivity contribution in [2.24, 2.45) is 0 Å². The van der Waals surface area contributed by atoms with Crippen LogP contribution in [0.1, 0.15) is 6.42 Å². The number of halogens is 1. The average molecular weight is 299 g/mol. The van der Waals surface area contributed by atoms with Gasteiger partial charge in [-0.1, -0.05) is 0 Å². The average Bonchev–Trinajstić information content (AvgIpc) is 2.60. The summed E-state index contributed by atoms with van der Waals surface area (Å²) in [4.78, 5) is 12.4. The van der Waals surface area contributed by atoms with E-state index in [0.29, 0.717) is 13.0 Å². The van der Waals surface area contributed by atoms with Crippen molar-refractivity contribution in [3.05, 3.63) is 16.4 Å². The highest BCUT2D eigenvalue weighted by Crippen LogP contribution is 2.14. The Morgan fingerprint density at radius 2 is 2.29 bits per heavy atom. The second-order valence-corrected chi connectivity index (χ2v) is 3.70. The molecule has 0 radical (unpaired) electrons. The molecule has 0 aliphatic heterocycles. The van der Waals surface area contributed by atoms with Gasteiger partial charge in [0.25, 0.3) is 0 Å². The number of hydrogen-bond donors (Lipinski definition) is 0. The predicted molar refractivity (Wildman–Crippen MR) is 58.3 cm³/mol. The van der Waals surface area contributed by atoms with Crippen LogP contribution in [0.15, 0.2) is 12.7 Å². The summed E-state index contributed by atoms with van der Waals surface area (Å²) in [6, 6.07) is 2.09. The zero-order valence-corrected chi connectivity index (χ0v) is 9.34. The number of aryl methyl sites for hydroxylation is 1. The molecule has 6 heteroatoms.